The Morgan fingerprint density at radius 3 is 2.68 bits per heavy atom. The molecule has 7 heteroatoms. The van der Waals surface area contributed by atoms with Gasteiger partial charge >= 0.3 is 0 Å². The molecule has 0 saturated carbocycles. The summed E-state index contributed by atoms with van der Waals surface area (Å²) in [6.07, 6.45) is 1.65. The fourth-order valence-electron chi connectivity index (χ4n) is 2.58. The first-order valence-corrected chi connectivity index (χ1v) is 9.59. The van der Waals surface area contributed by atoms with Crippen LogP contribution in [0.25, 0.3) is 17.4 Å². The summed E-state index contributed by atoms with van der Waals surface area (Å²) in [4.78, 5) is 17.1. The number of carbonyl (C=O) groups is 1. The van der Waals surface area contributed by atoms with E-state index in [0.717, 1.165) is 11.3 Å². The number of carbonyl (C=O) groups excluding carboxylic acids is 1. The molecule has 1 aliphatic rings. The maximum atomic E-state index is 13.3. The second-order valence-electron chi connectivity index (χ2n) is 6.15. The first-order chi connectivity index (χ1) is 13.5. The van der Waals surface area contributed by atoms with E-state index in [1.165, 1.54) is 23.9 Å². The standard InChI is InChI=1S/C21H14ClFN2O2S/c1-12-2-5-14(6-3-12)24-21-25-20(26)19(28-21)11-15-7-9-18(27-15)13-4-8-17(23)16(22)10-13/h2-11H,1H3,(H,24,25,26)/b19-11+. The molecule has 1 N–H and O–H groups in total. The monoisotopic (exact) mass is 412 g/mol. The average Bonchev–Trinajstić information content (AvgIpc) is 3.27. The number of aliphatic imine (C=N–C) groups is 1. The van der Waals surface area contributed by atoms with Crippen LogP contribution in [0.5, 0.6) is 0 Å². The van der Waals surface area contributed by atoms with Crippen LogP contribution in [-0.4, -0.2) is 11.1 Å². The Hall–Kier alpha value is -2.83. The number of nitrogens with zero attached hydrogens (tertiary/aromatic N) is 1. The Bertz CT molecular complexity index is 1120. The second kappa shape index (κ2) is 7.66. The minimum absolute atomic E-state index is 0.0245. The first kappa shape index (κ1) is 18.5. The predicted octanol–water partition coefficient (Wildman–Crippen LogP) is 5.94. The van der Waals surface area contributed by atoms with Gasteiger partial charge in [0.1, 0.15) is 17.3 Å². The number of amides is 1. The van der Waals surface area contributed by atoms with E-state index in [1.54, 1.807) is 24.3 Å². The maximum Gasteiger partial charge on any atom is 0.264 e. The first-order valence-electron chi connectivity index (χ1n) is 8.39. The Balaban J connectivity index is 1.54. The molecule has 2 aromatic carbocycles. The van der Waals surface area contributed by atoms with E-state index in [-0.39, 0.29) is 10.9 Å². The van der Waals surface area contributed by atoms with Gasteiger partial charge in [0.2, 0.25) is 0 Å². The predicted molar refractivity (Wildman–Crippen MR) is 111 cm³/mol. The van der Waals surface area contributed by atoms with Crippen molar-refractivity contribution in [3.8, 4) is 11.3 Å². The average molecular weight is 413 g/mol. The zero-order valence-corrected chi connectivity index (χ0v) is 16.3. The number of hydrogen-bond acceptors (Lipinski definition) is 4. The molecular weight excluding hydrogens is 399 g/mol. The molecule has 0 atom stereocenters. The van der Waals surface area contributed by atoms with E-state index in [1.807, 2.05) is 31.2 Å². The van der Waals surface area contributed by atoms with Crippen molar-refractivity contribution in [1.29, 1.82) is 0 Å². The van der Waals surface area contributed by atoms with Crippen LogP contribution in [0.2, 0.25) is 5.02 Å². The summed E-state index contributed by atoms with van der Waals surface area (Å²) in [5.74, 6) is 0.313. The number of halogens is 2. The highest BCUT2D eigenvalue weighted by Crippen LogP contribution is 2.31. The van der Waals surface area contributed by atoms with Gasteiger partial charge in [-0.15, -0.1) is 0 Å². The summed E-state index contributed by atoms with van der Waals surface area (Å²) in [6.45, 7) is 2.00. The molecule has 0 radical (unpaired) electrons. The molecule has 1 aliphatic heterocycles. The van der Waals surface area contributed by atoms with Crippen LogP contribution in [0.4, 0.5) is 10.1 Å². The van der Waals surface area contributed by atoms with E-state index in [9.17, 15) is 9.18 Å². The zero-order chi connectivity index (χ0) is 19.7. The molecule has 4 rings (SSSR count). The van der Waals surface area contributed by atoms with Crippen LogP contribution in [0.3, 0.4) is 0 Å². The topological polar surface area (TPSA) is 54.6 Å². The van der Waals surface area contributed by atoms with Gasteiger partial charge in [-0.1, -0.05) is 29.3 Å². The molecule has 4 nitrogen and oxygen atoms in total. The van der Waals surface area contributed by atoms with Gasteiger partial charge in [0, 0.05) is 11.6 Å². The molecule has 1 amide bonds. The molecule has 0 spiro atoms. The molecule has 140 valence electrons. The quantitative estimate of drug-likeness (QED) is 0.541. The van der Waals surface area contributed by atoms with Gasteiger partial charge in [-0.2, -0.15) is 0 Å². The van der Waals surface area contributed by atoms with Gasteiger partial charge < -0.3 is 9.73 Å². The summed E-state index contributed by atoms with van der Waals surface area (Å²) >= 11 is 7.06. The lowest BCUT2D eigenvalue weighted by Gasteiger charge is -1.99. The van der Waals surface area contributed by atoms with Crippen molar-refractivity contribution >= 4 is 46.2 Å². The molecule has 1 fully saturated rings. The highest BCUT2D eigenvalue weighted by molar-refractivity contribution is 8.18. The summed E-state index contributed by atoms with van der Waals surface area (Å²) < 4.78 is 19.1. The van der Waals surface area contributed by atoms with E-state index in [4.69, 9.17) is 16.0 Å². The Morgan fingerprint density at radius 1 is 1.14 bits per heavy atom. The Labute approximate surface area is 170 Å². The van der Waals surface area contributed by atoms with Gasteiger partial charge in [-0.05, 0) is 61.2 Å². The number of aryl methyl sites for hydroxylation is 1. The number of rotatable bonds is 3. The summed E-state index contributed by atoms with van der Waals surface area (Å²) in [5, 5.41) is 3.28. The molecule has 28 heavy (non-hydrogen) atoms. The number of amidine groups is 1. The third-order valence-electron chi connectivity index (χ3n) is 4.02. The molecule has 0 unspecified atom stereocenters. The minimum Gasteiger partial charge on any atom is -0.457 e. The van der Waals surface area contributed by atoms with Gasteiger partial charge in [0.15, 0.2) is 5.17 Å². The second-order valence-corrected chi connectivity index (χ2v) is 7.59. The Kier molecular flexibility index (Phi) is 5.07. The molecule has 1 saturated heterocycles. The van der Waals surface area contributed by atoms with Crippen LogP contribution in [0, 0.1) is 12.7 Å². The summed E-state index contributed by atoms with van der Waals surface area (Å²) in [6, 6.07) is 15.6. The summed E-state index contributed by atoms with van der Waals surface area (Å²) in [5.41, 5.74) is 2.56. The number of hydrogen-bond donors (Lipinski definition) is 1. The largest absolute Gasteiger partial charge is 0.457 e. The van der Waals surface area contributed by atoms with Crippen LogP contribution >= 0.6 is 23.4 Å². The zero-order valence-electron chi connectivity index (χ0n) is 14.7. The van der Waals surface area contributed by atoms with Gasteiger partial charge in [-0.25, -0.2) is 9.38 Å². The van der Waals surface area contributed by atoms with Crippen molar-refractivity contribution in [3.05, 3.63) is 81.7 Å². The van der Waals surface area contributed by atoms with E-state index >= 15 is 0 Å². The minimum atomic E-state index is -0.487. The SMILES string of the molecule is Cc1ccc(N=C2NC(=O)/C(=C\c3ccc(-c4ccc(F)c(Cl)c4)o3)S2)cc1. The Morgan fingerprint density at radius 2 is 1.93 bits per heavy atom. The maximum absolute atomic E-state index is 13.3. The highest BCUT2D eigenvalue weighted by atomic mass is 35.5. The lowest BCUT2D eigenvalue weighted by Crippen LogP contribution is -2.19. The van der Waals surface area contributed by atoms with Crippen molar-refractivity contribution in [3.63, 3.8) is 0 Å². The number of thioether (sulfide) groups is 1. The third-order valence-corrected chi connectivity index (χ3v) is 5.22. The normalized spacial score (nSPS) is 16.8. The molecule has 0 aliphatic carbocycles. The lowest BCUT2D eigenvalue weighted by atomic mass is 10.2. The van der Waals surface area contributed by atoms with Crippen LogP contribution in [0.15, 0.2) is 68.9 Å². The fourth-order valence-corrected chi connectivity index (χ4v) is 3.58. The third kappa shape index (κ3) is 4.03. The molecule has 2 heterocycles. The van der Waals surface area contributed by atoms with Crippen molar-refractivity contribution in [2.24, 2.45) is 4.99 Å². The number of nitrogens with one attached hydrogen (secondary N) is 1. The van der Waals surface area contributed by atoms with Crippen LogP contribution in [0.1, 0.15) is 11.3 Å². The summed E-state index contributed by atoms with van der Waals surface area (Å²) in [7, 11) is 0. The van der Waals surface area contributed by atoms with Crippen molar-refractivity contribution < 1.29 is 13.6 Å². The van der Waals surface area contributed by atoms with Crippen molar-refractivity contribution in [2.75, 3.05) is 0 Å². The fraction of sp³-hybridized carbons (Fsp3) is 0.0476. The van der Waals surface area contributed by atoms with Gasteiger partial charge in [-0.3, -0.25) is 4.79 Å². The lowest BCUT2D eigenvalue weighted by molar-refractivity contribution is -0.115. The molecular formula is C21H14ClFN2O2S. The van der Waals surface area contributed by atoms with Crippen molar-refractivity contribution in [1.82, 2.24) is 5.32 Å². The van der Waals surface area contributed by atoms with E-state index < -0.39 is 5.82 Å². The van der Waals surface area contributed by atoms with Crippen LogP contribution < -0.4 is 5.32 Å². The molecule has 1 aromatic heterocycles. The number of benzene rings is 2. The molecule has 3 aromatic rings. The van der Waals surface area contributed by atoms with E-state index in [2.05, 4.69) is 10.3 Å². The van der Waals surface area contributed by atoms with Crippen LogP contribution in [-0.2, 0) is 4.79 Å². The smallest absolute Gasteiger partial charge is 0.264 e. The van der Waals surface area contributed by atoms with Gasteiger partial charge in [0.25, 0.3) is 5.91 Å². The highest BCUT2D eigenvalue weighted by Gasteiger charge is 2.24. The van der Waals surface area contributed by atoms with Crippen molar-refractivity contribution in [2.45, 2.75) is 6.92 Å². The van der Waals surface area contributed by atoms with Gasteiger partial charge in [0.05, 0.1) is 15.6 Å². The molecule has 0 bridgehead atoms. The number of furan rings is 1. The van der Waals surface area contributed by atoms with E-state index in [0.29, 0.717) is 27.2 Å².